The Morgan fingerprint density at radius 1 is 0.893 bits per heavy atom. The highest BCUT2D eigenvalue weighted by molar-refractivity contribution is 6.30. The Kier molecular flexibility index (Phi) is 4.75. The number of benzene rings is 3. The van der Waals surface area contributed by atoms with Gasteiger partial charge in [0.2, 0.25) is 0 Å². The standard InChI is InChI=1S/C22H15ClFN3O/c23-19-10-6-16(7-11-19)21(28)22(27-15-25-14-26-27,17-4-2-1-3-5-17)18-8-12-20(24)13-9-18/h1-15H. The van der Waals surface area contributed by atoms with Crippen LogP contribution in [0.5, 0.6) is 0 Å². The number of rotatable bonds is 5. The van der Waals surface area contributed by atoms with Crippen molar-refractivity contribution in [1.29, 1.82) is 0 Å². The molecule has 0 saturated heterocycles. The topological polar surface area (TPSA) is 47.8 Å². The summed E-state index contributed by atoms with van der Waals surface area (Å²) < 4.78 is 15.2. The maximum absolute atomic E-state index is 13.9. The highest BCUT2D eigenvalue weighted by Crippen LogP contribution is 2.37. The lowest BCUT2D eigenvalue weighted by Crippen LogP contribution is -2.44. The summed E-state index contributed by atoms with van der Waals surface area (Å²) in [7, 11) is 0. The number of hydrogen-bond acceptors (Lipinski definition) is 3. The number of hydrogen-bond donors (Lipinski definition) is 0. The summed E-state index contributed by atoms with van der Waals surface area (Å²) in [4.78, 5) is 18.0. The summed E-state index contributed by atoms with van der Waals surface area (Å²) in [6.45, 7) is 0. The maximum atomic E-state index is 13.9. The van der Waals surface area contributed by atoms with Gasteiger partial charge in [-0.2, -0.15) is 5.10 Å². The highest BCUT2D eigenvalue weighted by atomic mass is 35.5. The Morgan fingerprint density at radius 2 is 1.54 bits per heavy atom. The highest BCUT2D eigenvalue weighted by Gasteiger charge is 2.45. The molecule has 3 aromatic carbocycles. The fraction of sp³-hybridized carbons (Fsp3) is 0.0455. The molecule has 0 N–H and O–H groups in total. The molecule has 0 fully saturated rings. The van der Waals surface area contributed by atoms with Gasteiger partial charge in [0.1, 0.15) is 18.5 Å². The summed E-state index contributed by atoms with van der Waals surface area (Å²) in [5, 5.41) is 4.82. The van der Waals surface area contributed by atoms with Gasteiger partial charge in [0.25, 0.3) is 0 Å². The van der Waals surface area contributed by atoms with Crippen LogP contribution < -0.4 is 0 Å². The van der Waals surface area contributed by atoms with Crippen molar-refractivity contribution >= 4 is 17.4 Å². The molecule has 0 amide bonds. The van der Waals surface area contributed by atoms with E-state index in [1.54, 1.807) is 36.4 Å². The molecule has 0 aliphatic carbocycles. The van der Waals surface area contributed by atoms with E-state index in [0.717, 1.165) is 0 Å². The minimum Gasteiger partial charge on any atom is -0.291 e. The van der Waals surface area contributed by atoms with Crippen LogP contribution in [0, 0.1) is 5.82 Å². The summed E-state index contributed by atoms with van der Waals surface area (Å²) in [6, 6.07) is 21.8. The van der Waals surface area contributed by atoms with Crippen LogP contribution in [0.25, 0.3) is 0 Å². The lowest BCUT2D eigenvalue weighted by molar-refractivity contribution is 0.0878. The second-order valence-corrected chi connectivity index (χ2v) is 6.70. The molecule has 28 heavy (non-hydrogen) atoms. The first-order valence-electron chi connectivity index (χ1n) is 8.59. The van der Waals surface area contributed by atoms with Crippen LogP contribution >= 0.6 is 11.6 Å². The van der Waals surface area contributed by atoms with Crippen molar-refractivity contribution in [1.82, 2.24) is 14.8 Å². The van der Waals surface area contributed by atoms with E-state index in [-0.39, 0.29) is 11.6 Å². The number of carbonyl (C=O) groups excluding carboxylic acids is 1. The molecule has 4 rings (SSSR count). The lowest BCUT2D eigenvalue weighted by atomic mass is 9.77. The monoisotopic (exact) mass is 391 g/mol. The van der Waals surface area contributed by atoms with E-state index >= 15 is 0 Å². The molecule has 1 aromatic heterocycles. The second kappa shape index (κ2) is 7.37. The number of nitrogens with zero attached hydrogens (tertiary/aromatic N) is 3. The smallest absolute Gasteiger partial charge is 0.199 e. The van der Waals surface area contributed by atoms with E-state index in [4.69, 9.17) is 11.6 Å². The first kappa shape index (κ1) is 18.1. The first-order valence-corrected chi connectivity index (χ1v) is 8.97. The Hall–Kier alpha value is -3.31. The number of Topliss-reactive ketones (excluding diaryl/α,β-unsaturated/α-hetero) is 1. The van der Waals surface area contributed by atoms with Crippen LogP contribution in [0.3, 0.4) is 0 Å². The average molecular weight is 392 g/mol. The summed E-state index contributed by atoms with van der Waals surface area (Å²) >= 11 is 6.00. The quantitative estimate of drug-likeness (QED) is 0.461. The fourth-order valence-corrected chi connectivity index (χ4v) is 3.49. The Balaban J connectivity index is 2.05. The van der Waals surface area contributed by atoms with E-state index in [2.05, 4.69) is 10.1 Å². The Bertz CT molecular complexity index is 1080. The third-order valence-corrected chi connectivity index (χ3v) is 4.90. The zero-order valence-corrected chi connectivity index (χ0v) is 15.4. The van der Waals surface area contributed by atoms with Crippen LogP contribution in [0.1, 0.15) is 21.5 Å². The maximum Gasteiger partial charge on any atom is 0.199 e. The van der Waals surface area contributed by atoms with Crippen molar-refractivity contribution in [3.63, 3.8) is 0 Å². The SMILES string of the molecule is O=C(c1ccc(Cl)cc1)C(c1ccccc1)(c1ccc(F)cc1)n1cncn1. The normalized spacial score (nSPS) is 13.1. The minimum atomic E-state index is -1.35. The minimum absolute atomic E-state index is 0.229. The summed E-state index contributed by atoms with van der Waals surface area (Å²) in [5.74, 6) is -0.615. The molecule has 6 heteroatoms. The molecule has 1 atom stereocenters. The number of aromatic nitrogens is 3. The van der Waals surface area contributed by atoms with Crippen LogP contribution in [0.2, 0.25) is 5.02 Å². The largest absolute Gasteiger partial charge is 0.291 e. The van der Waals surface area contributed by atoms with Crippen LogP contribution in [-0.4, -0.2) is 20.5 Å². The molecular formula is C22H15ClFN3O. The third-order valence-electron chi connectivity index (χ3n) is 4.65. The molecule has 1 unspecified atom stereocenters. The van der Waals surface area contributed by atoms with Gasteiger partial charge in [-0.1, -0.05) is 54.1 Å². The molecule has 0 bridgehead atoms. The van der Waals surface area contributed by atoms with E-state index < -0.39 is 5.54 Å². The molecular weight excluding hydrogens is 377 g/mol. The van der Waals surface area contributed by atoms with Gasteiger partial charge in [0, 0.05) is 10.6 Å². The van der Waals surface area contributed by atoms with Crippen LogP contribution in [0.15, 0.2) is 91.5 Å². The zero-order valence-electron chi connectivity index (χ0n) is 14.7. The second-order valence-electron chi connectivity index (χ2n) is 6.26. The molecule has 4 nitrogen and oxygen atoms in total. The molecule has 1 heterocycles. The van der Waals surface area contributed by atoms with Gasteiger partial charge in [0.05, 0.1) is 0 Å². The molecule has 0 aliphatic rings. The van der Waals surface area contributed by atoms with Crippen molar-refractivity contribution in [2.24, 2.45) is 0 Å². The predicted octanol–water partition coefficient (Wildman–Crippen LogP) is 4.75. The zero-order chi connectivity index (χ0) is 19.6. The van der Waals surface area contributed by atoms with Crippen molar-refractivity contribution in [3.8, 4) is 0 Å². The number of ketones is 1. The summed E-state index contributed by atoms with van der Waals surface area (Å²) in [6.07, 6.45) is 2.86. The van der Waals surface area contributed by atoms with E-state index in [1.165, 1.54) is 29.5 Å². The Labute approximate surface area is 166 Å². The molecule has 4 aromatic rings. The van der Waals surface area contributed by atoms with Gasteiger partial charge >= 0.3 is 0 Å². The van der Waals surface area contributed by atoms with E-state index in [0.29, 0.717) is 21.7 Å². The van der Waals surface area contributed by atoms with Crippen LogP contribution in [-0.2, 0) is 5.54 Å². The fourth-order valence-electron chi connectivity index (χ4n) is 3.36. The van der Waals surface area contributed by atoms with E-state index in [9.17, 15) is 9.18 Å². The number of halogens is 2. The van der Waals surface area contributed by atoms with Gasteiger partial charge in [0.15, 0.2) is 11.3 Å². The lowest BCUT2D eigenvalue weighted by Gasteiger charge is -2.33. The van der Waals surface area contributed by atoms with Crippen molar-refractivity contribution in [2.75, 3.05) is 0 Å². The van der Waals surface area contributed by atoms with Crippen molar-refractivity contribution < 1.29 is 9.18 Å². The molecule has 138 valence electrons. The van der Waals surface area contributed by atoms with Crippen LogP contribution in [0.4, 0.5) is 4.39 Å². The van der Waals surface area contributed by atoms with Crippen molar-refractivity contribution in [3.05, 3.63) is 119 Å². The van der Waals surface area contributed by atoms with Gasteiger partial charge in [-0.15, -0.1) is 0 Å². The number of carbonyl (C=O) groups is 1. The molecule has 0 radical (unpaired) electrons. The first-order chi connectivity index (χ1) is 13.6. The molecule has 0 aliphatic heterocycles. The van der Waals surface area contributed by atoms with Gasteiger partial charge in [-0.05, 0) is 47.5 Å². The van der Waals surface area contributed by atoms with E-state index in [1.807, 2.05) is 30.3 Å². The molecule has 0 saturated carbocycles. The van der Waals surface area contributed by atoms with Gasteiger partial charge in [-0.3, -0.25) is 4.79 Å². The Morgan fingerprint density at radius 3 is 2.14 bits per heavy atom. The molecule has 0 spiro atoms. The average Bonchev–Trinajstić information content (AvgIpc) is 3.26. The summed E-state index contributed by atoms with van der Waals surface area (Å²) in [5.41, 5.74) is 0.366. The third kappa shape index (κ3) is 3.00. The van der Waals surface area contributed by atoms with Gasteiger partial charge < -0.3 is 0 Å². The van der Waals surface area contributed by atoms with Crippen molar-refractivity contribution in [2.45, 2.75) is 5.54 Å². The van der Waals surface area contributed by atoms with Gasteiger partial charge in [-0.25, -0.2) is 14.1 Å². The predicted molar refractivity (Wildman–Crippen MR) is 105 cm³/mol.